The number of aliphatic hydroxyl groups is 1. The summed E-state index contributed by atoms with van der Waals surface area (Å²) in [5.74, 6) is -0.169. The van der Waals surface area contributed by atoms with Gasteiger partial charge in [0.25, 0.3) is 5.91 Å². The van der Waals surface area contributed by atoms with Crippen LogP contribution in [-0.4, -0.2) is 28.6 Å². The number of H-pyrrole nitrogens is 1. The maximum atomic E-state index is 11.2. The summed E-state index contributed by atoms with van der Waals surface area (Å²) < 4.78 is 0. The Labute approximate surface area is 70.6 Å². The minimum atomic E-state index is -0.201. The van der Waals surface area contributed by atoms with E-state index < -0.39 is 0 Å². The lowest BCUT2D eigenvalue weighted by Crippen LogP contribution is -2.34. The maximum absolute atomic E-state index is 11.2. The molecule has 4 nitrogen and oxygen atoms in total. The molecule has 0 spiro atoms. The molecule has 1 amide bonds. The molecule has 1 heterocycles. The van der Waals surface area contributed by atoms with Gasteiger partial charge in [-0.2, -0.15) is 0 Å². The molecule has 0 fully saturated rings. The first-order valence-electron chi connectivity index (χ1n) is 3.78. The maximum Gasteiger partial charge on any atom is 0.253 e. The van der Waals surface area contributed by atoms with Crippen LogP contribution in [0.3, 0.4) is 0 Å². The Morgan fingerprint density at radius 2 is 2.58 bits per heavy atom. The van der Waals surface area contributed by atoms with Crippen LogP contribution in [0.15, 0.2) is 18.5 Å². The third-order valence-electron chi connectivity index (χ3n) is 1.51. The zero-order chi connectivity index (χ0) is 8.97. The highest BCUT2D eigenvalue weighted by atomic mass is 16.3. The van der Waals surface area contributed by atoms with Gasteiger partial charge in [0, 0.05) is 18.4 Å². The largest absolute Gasteiger partial charge is 0.394 e. The number of hydrogen-bond acceptors (Lipinski definition) is 2. The highest BCUT2D eigenvalue weighted by Crippen LogP contribution is 1.96. The van der Waals surface area contributed by atoms with Gasteiger partial charge in [0.05, 0.1) is 12.2 Å². The number of carbonyl (C=O) groups is 1. The molecule has 0 aliphatic heterocycles. The zero-order valence-corrected chi connectivity index (χ0v) is 6.87. The lowest BCUT2D eigenvalue weighted by atomic mass is 10.3. The van der Waals surface area contributed by atoms with Crippen molar-refractivity contribution in [1.82, 2.24) is 10.3 Å². The molecule has 1 aromatic rings. The van der Waals surface area contributed by atoms with Crippen LogP contribution >= 0.6 is 0 Å². The SMILES string of the molecule is C[C@@H](CO)NC(=O)c1cc[nH]c1. The molecule has 0 saturated carbocycles. The van der Waals surface area contributed by atoms with Gasteiger partial charge in [-0.1, -0.05) is 0 Å². The van der Waals surface area contributed by atoms with Crippen molar-refractivity contribution in [2.75, 3.05) is 6.61 Å². The van der Waals surface area contributed by atoms with Gasteiger partial charge < -0.3 is 15.4 Å². The van der Waals surface area contributed by atoms with Gasteiger partial charge in [-0.25, -0.2) is 0 Å². The third-order valence-corrected chi connectivity index (χ3v) is 1.51. The minimum Gasteiger partial charge on any atom is -0.394 e. The van der Waals surface area contributed by atoms with Crippen molar-refractivity contribution in [2.45, 2.75) is 13.0 Å². The van der Waals surface area contributed by atoms with Gasteiger partial charge >= 0.3 is 0 Å². The van der Waals surface area contributed by atoms with Crippen molar-refractivity contribution in [1.29, 1.82) is 0 Å². The number of aromatic nitrogens is 1. The lowest BCUT2D eigenvalue weighted by Gasteiger charge is -2.08. The second kappa shape index (κ2) is 3.92. The van der Waals surface area contributed by atoms with E-state index in [1.165, 1.54) is 0 Å². The molecule has 3 N–H and O–H groups in total. The van der Waals surface area contributed by atoms with E-state index in [0.717, 1.165) is 0 Å². The van der Waals surface area contributed by atoms with Crippen LogP contribution < -0.4 is 5.32 Å². The quantitative estimate of drug-likeness (QED) is 0.600. The molecule has 1 rings (SSSR count). The number of nitrogens with one attached hydrogen (secondary N) is 2. The molecule has 12 heavy (non-hydrogen) atoms. The van der Waals surface area contributed by atoms with E-state index in [0.29, 0.717) is 5.56 Å². The summed E-state index contributed by atoms with van der Waals surface area (Å²) in [5.41, 5.74) is 0.579. The molecule has 0 aliphatic rings. The summed E-state index contributed by atoms with van der Waals surface area (Å²) in [6.45, 7) is 1.70. The van der Waals surface area contributed by atoms with E-state index in [4.69, 9.17) is 5.11 Å². The van der Waals surface area contributed by atoms with Gasteiger partial charge in [-0.05, 0) is 13.0 Å². The Balaban J connectivity index is 2.50. The van der Waals surface area contributed by atoms with Crippen LogP contribution in [0.1, 0.15) is 17.3 Å². The minimum absolute atomic E-state index is 0.0455. The van der Waals surface area contributed by atoms with Crippen molar-refractivity contribution in [3.63, 3.8) is 0 Å². The number of amides is 1. The van der Waals surface area contributed by atoms with Gasteiger partial charge in [0.1, 0.15) is 0 Å². The Morgan fingerprint density at radius 1 is 1.83 bits per heavy atom. The number of rotatable bonds is 3. The van der Waals surface area contributed by atoms with E-state index in [-0.39, 0.29) is 18.6 Å². The van der Waals surface area contributed by atoms with Gasteiger partial charge in [-0.3, -0.25) is 4.79 Å². The van der Waals surface area contributed by atoms with Crippen LogP contribution in [0.4, 0.5) is 0 Å². The van der Waals surface area contributed by atoms with Crippen molar-refractivity contribution in [3.05, 3.63) is 24.0 Å². The predicted molar refractivity (Wildman–Crippen MR) is 44.8 cm³/mol. The third kappa shape index (κ3) is 2.10. The number of aliphatic hydroxyl groups excluding tert-OH is 1. The highest BCUT2D eigenvalue weighted by molar-refractivity contribution is 5.94. The summed E-state index contributed by atoms with van der Waals surface area (Å²) in [6.07, 6.45) is 3.29. The monoisotopic (exact) mass is 168 g/mol. The first-order valence-corrected chi connectivity index (χ1v) is 3.78. The fourth-order valence-electron chi connectivity index (χ4n) is 0.818. The number of carbonyl (C=O) groups excluding carboxylic acids is 1. The fraction of sp³-hybridized carbons (Fsp3) is 0.375. The van der Waals surface area contributed by atoms with Crippen molar-refractivity contribution >= 4 is 5.91 Å². The molecular weight excluding hydrogens is 156 g/mol. The summed E-state index contributed by atoms with van der Waals surface area (Å²) in [5, 5.41) is 11.3. The Bertz CT molecular complexity index is 244. The standard InChI is InChI=1S/C8H12N2O2/c1-6(5-11)10-8(12)7-2-3-9-4-7/h2-4,6,9,11H,5H2,1H3,(H,10,12)/t6-/m0/s1. The van der Waals surface area contributed by atoms with Crippen LogP contribution in [0.5, 0.6) is 0 Å². The van der Waals surface area contributed by atoms with E-state index in [9.17, 15) is 4.79 Å². The van der Waals surface area contributed by atoms with Crippen LogP contribution in [0, 0.1) is 0 Å². The van der Waals surface area contributed by atoms with Crippen molar-refractivity contribution in [3.8, 4) is 0 Å². The van der Waals surface area contributed by atoms with Crippen LogP contribution in [0.25, 0.3) is 0 Å². The van der Waals surface area contributed by atoms with Crippen molar-refractivity contribution < 1.29 is 9.90 Å². The van der Waals surface area contributed by atoms with E-state index >= 15 is 0 Å². The fourth-order valence-corrected chi connectivity index (χ4v) is 0.818. The summed E-state index contributed by atoms with van der Waals surface area (Å²) in [7, 11) is 0. The molecule has 0 aliphatic carbocycles. The average Bonchev–Trinajstić information content (AvgIpc) is 2.56. The summed E-state index contributed by atoms with van der Waals surface area (Å²) in [4.78, 5) is 14.0. The summed E-state index contributed by atoms with van der Waals surface area (Å²) in [6, 6.07) is 1.48. The molecule has 1 atom stereocenters. The second-order valence-corrected chi connectivity index (χ2v) is 2.66. The molecular formula is C8H12N2O2. The highest BCUT2D eigenvalue weighted by Gasteiger charge is 2.07. The molecule has 1 aromatic heterocycles. The molecule has 0 unspecified atom stereocenters. The molecule has 66 valence electrons. The van der Waals surface area contributed by atoms with Gasteiger partial charge in [0.2, 0.25) is 0 Å². The lowest BCUT2D eigenvalue weighted by molar-refractivity contribution is 0.0922. The molecule has 0 radical (unpaired) electrons. The molecule has 0 bridgehead atoms. The first-order chi connectivity index (χ1) is 5.74. The smallest absolute Gasteiger partial charge is 0.253 e. The van der Waals surface area contributed by atoms with Crippen LogP contribution in [-0.2, 0) is 0 Å². The number of aromatic amines is 1. The second-order valence-electron chi connectivity index (χ2n) is 2.66. The van der Waals surface area contributed by atoms with E-state index in [1.807, 2.05) is 0 Å². The normalized spacial score (nSPS) is 12.5. The first kappa shape index (κ1) is 8.80. The van der Waals surface area contributed by atoms with Crippen molar-refractivity contribution in [2.24, 2.45) is 0 Å². The molecule has 0 saturated heterocycles. The molecule has 4 heteroatoms. The van der Waals surface area contributed by atoms with Gasteiger partial charge in [-0.15, -0.1) is 0 Å². The topological polar surface area (TPSA) is 65.1 Å². The Morgan fingerprint density at radius 3 is 3.08 bits per heavy atom. The van der Waals surface area contributed by atoms with Crippen LogP contribution in [0.2, 0.25) is 0 Å². The van der Waals surface area contributed by atoms with E-state index in [2.05, 4.69) is 10.3 Å². The van der Waals surface area contributed by atoms with E-state index in [1.54, 1.807) is 25.4 Å². The average molecular weight is 168 g/mol. The summed E-state index contributed by atoms with van der Waals surface area (Å²) >= 11 is 0. The Hall–Kier alpha value is -1.29. The van der Waals surface area contributed by atoms with Gasteiger partial charge in [0.15, 0.2) is 0 Å². The number of hydrogen-bond donors (Lipinski definition) is 3. The molecule has 0 aromatic carbocycles. The predicted octanol–water partition coefficient (Wildman–Crippen LogP) is 0.125. The Kier molecular flexibility index (Phi) is 2.88. The zero-order valence-electron chi connectivity index (χ0n) is 6.87.